The number of furan rings is 1. The third-order valence-electron chi connectivity index (χ3n) is 2.72. The molecule has 2 aromatic heterocycles. The van der Waals surface area contributed by atoms with Crippen LogP contribution in [-0.4, -0.2) is 10.1 Å². The molecule has 0 aliphatic rings. The Morgan fingerprint density at radius 3 is 2.94 bits per heavy atom. The molecule has 0 atom stereocenters. The number of benzene rings is 1. The van der Waals surface area contributed by atoms with Crippen molar-refractivity contribution in [2.75, 3.05) is 0 Å². The van der Waals surface area contributed by atoms with E-state index in [-0.39, 0.29) is 0 Å². The van der Waals surface area contributed by atoms with Crippen molar-refractivity contribution in [3.05, 3.63) is 47.8 Å². The molecule has 5 heteroatoms. The van der Waals surface area contributed by atoms with Crippen molar-refractivity contribution in [2.45, 2.75) is 20.0 Å². The fraction of sp³-hybridized carbons (Fsp3) is 0.231. The van der Waals surface area contributed by atoms with Gasteiger partial charge in [0, 0.05) is 17.5 Å². The summed E-state index contributed by atoms with van der Waals surface area (Å²) in [4.78, 5) is 4.13. The van der Waals surface area contributed by atoms with Crippen molar-refractivity contribution in [1.29, 1.82) is 0 Å². The summed E-state index contributed by atoms with van der Waals surface area (Å²) in [5.41, 5.74) is 2.03. The Hall–Kier alpha value is -2.14. The second kappa shape index (κ2) is 4.62. The first-order chi connectivity index (χ1) is 8.83. The smallest absolute Gasteiger partial charge is 0.240 e. The van der Waals surface area contributed by atoms with E-state index in [1.807, 2.05) is 24.3 Å². The number of hydrogen-bond donors (Lipinski definition) is 1. The van der Waals surface area contributed by atoms with Gasteiger partial charge in [0.2, 0.25) is 5.89 Å². The van der Waals surface area contributed by atoms with E-state index in [9.17, 15) is 0 Å². The highest BCUT2D eigenvalue weighted by molar-refractivity contribution is 5.80. The molecule has 0 aliphatic heterocycles. The Labute approximate surface area is 104 Å². The SMILES string of the molecule is Cc1noc(CNCc2coc3ccccc23)n1. The molecule has 0 saturated carbocycles. The number of aromatic nitrogens is 2. The third kappa shape index (κ3) is 2.12. The molecular formula is C13H13N3O2. The molecule has 92 valence electrons. The zero-order chi connectivity index (χ0) is 12.4. The van der Waals surface area contributed by atoms with Crippen molar-refractivity contribution >= 4 is 11.0 Å². The maximum atomic E-state index is 5.46. The van der Waals surface area contributed by atoms with Crippen molar-refractivity contribution in [3.63, 3.8) is 0 Å². The number of nitrogens with zero attached hydrogens (tertiary/aromatic N) is 2. The fourth-order valence-corrected chi connectivity index (χ4v) is 1.89. The Morgan fingerprint density at radius 1 is 1.22 bits per heavy atom. The fourth-order valence-electron chi connectivity index (χ4n) is 1.89. The molecule has 0 unspecified atom stereocenters. The Balaban J connectivity index is 1.66. The summed E-state index contributed by atoms with van der Waals surface area (Å²) in [6.07, 6.45) is 1.77. The minimum Gasteiger partial charge on any atom is -0.464 e. The van der Waals surface area contributed by atoms with Gasteiger partial charge in [0.15, 0.2) is 5.82 Å². The molecule has 0 aliphatic carbocycles. The standard InChI is InChI=1S/C13H13N3O2/c1-9-15-13(18-16-9)7-14-6-10-8-17-12-5-3-2-4-11(10)12/h2-5,8,14H,6-7H2,1H3. The first-order valence-electron chi connectivity index (χ1n) is 5.78. The molecule has 18 heavy (non-hydrogen) atoms. The molecule has 0 radical (unpaired) electrons. The summed E-state index contributed by atoms with van der Waals surface area (Å²) in [7, 11) is 0. The highest BCUT2D eigenvalue weighted by atomic mass is 16.5. The van der Waals surface area contributed by atoms with E-state index in [4.69, 9.17) is 8.94 Å². The van der Waals surface area contributed by atoms with Crippen LogP contribution in [0.25, 0.3) is 11.0 Å². The van der Waals surface area contributed by atoms with Gasteiger partial charge in [-0.2, -0.15) is 4.98 Å². The lowest BCUT2D eigenvalue weighted by atomic mass is 10.2. The van der Waals surface area contributed by atoms with Gasteiger partial charge in [-0.15, -0.1) is 0 Å². The lowest BCUT2D eigenvalue weighted by Gasteiger charge is -1.99. The second-order valence-corrected chi connectivity index (χ2v) is 4.10. The van der Waals surface area contributed by atoms with Crippen molar-refractivity contribution in [2.24, 2.45) is 0 Å². The van der Waals surface area contributed by atoms with E-state index in [1.165, 1.54) is 0 Å². The number of para-hydroxylation sites is 1. The molecule has 5 nitrogen and oxygen atoms in total. The molecule has 3 aromatic rings. The largest absolute Gasteiger partial charge is 0.464 e. The summed E-state index contributed by atoms with van der Waals surface area (Å²) in [6.45, 7) is 3.06. The molecule has 3 rings (SSSR count). The van der Waals surface area contributed by atoms with E-state index < -0.39 is 0 Å². The Kier molecular flexibility index (Phi) is 2.82. The number of nitrogens with one attached hydrogen (secondary N) is 1. The Bertz CT molecular complexity index is 657. The maximum absolute atomic E-state index is 5.46. The summed E-state index contributed by atoms with van der Waals surface area (Å²) < 4.78 is 10.5. The first kappa shape index (κ1) is 11.0. The van der Waals surface area contributed by atoms with Crippen LogP contribution in [0.1, 0.15) is 17.3 Å². The summed E-state index contributed by atoms with van der Waals surface area (Å²) in [6, 6.07) is 7.97. The highest BCUT2D eigenvalue weighted by Gasteiger charge is 2.06. The quantitative estimate of drug-likeness (QED) is 0.762. The number of rotatable bonds is 4. The lowest BCUT2D eigenvalue weighted by Crippen LogP contribution is -2.12. The lowest BCUT2D eigenvalue weighted by molar-refractivity contribution is 0.364. The minimum atomic E-state index is 0.556. The van der Waals surface area contributed by atoms with Crippen LogP contribution < -0.4 is 5.32 Å². The molecule has 2 heterocycles. The van der Waals surface area contributed by atoms with Crippen LogP contribution in [0.2, 0.25) is 0 Å². The molecule has 1 N–H and O–H groups in total. The molecule has 0 bridgehead atoms. The molecule has 1 aromatic carbocycles. The van der Waals surface area contributed by atoms with Crippen LogP contribution in [0.5, 0.6) is 0 Å². The van der Waals surface area contributed by atoms with Crippen LogP contribution in [0, 0.1) is 6.92 Å². The van der Waals surface area contributed by atoms with Gasteiger partial charge in [-0.05, 0) is 13.0 Å². The van der Waals surface area contributed by atoms with Crippen LogP contribution >= 0.6 is 0 Å². The van der Waals surface area contributed by atoms with Gasteiger partial charge in [-0.3, -0.25) is 0 Å². The van der Waals surface area contributed by atoms with Crippen molar-refractivity contribution in [1.82, 2.24) is 15.5 Å². The number of aryl methyl sites for hydroxylation is 1. The van der Waals surface area contributed by atoms with Crippen molar-refractivity contribution in [3.8, 4) is 0 Å². The summed E-state index contributed by atoms with van der Waals surface area (Å²) >= 11 is 0. The molecule has 0 amide bonds. The zero-order valence-corrected chi connectivity index (χ0v) is 10.0. The summed E-state index contributed by atoms with van der Waals surface area (Å²) in [5.74, 6) is 1.25. The second-order valence-electron chi connectivity index (χ2n) is 4.10. The monoisotopic (exact) mass is 243 g/mol. The highest BCUT2D eigenvalue weighted by Crippen LogP contribution is 2.20. The molecular weight excluding hydrogens is 230 g/mol. The molecule has 0 fully saturated rings. The molecule has 0 saturated heterocycles. The van der Waals surface area contributed by atoms with Gasteiger partial charge in [-0.1, -0.05) is 23.4 Å². The predicted molar refractivity (Wildman–Crippen MR) is 65.8 cm³/mol. The van der Waals surface area contributed by atoms with Gasteiger partial charge in [0.1, 0.15) is 5.58 Å². The maximum Gasteiger partial charge on any atom is 0.240 e. The summed E-state index contributed by atoms with van der Waals surface area (Å²) in [5, 5.41) is 8.12. The number of hydrogen-bond acceptors (Lipinski definition) is 5. The Morgan fingerprint density at radius 2 is 2.11 bits per heavy atom. The van der Waals surface area contributed by atoms with E-state index in [0.29, 0.717) is 24.8 Å². The van der Waals surface area contributed by atoms with Crippen LogP contribution in [-0.2, 0) is 13.1 Å². The topological polar surface area (TPSA) is 64.1 Å². The van der Waals surface area contributed by atoms with Crippen LogP contribution in [0.15, 0.2) is 39.5 Å². The predicted octanol–water partition coefficient (Wildman–Crippen LogP) is 2.41. The van der Waals surface area contributed by atoms with Gasteiger partial charge in [-0.25, -0.2) is 0 Å². The minimum absolute atomic E-state index is 0.556. The third-order valence-corrected chi connectivity index (χ3v) is 2.72. The average Bonchev–Trinajstić information content (AvgIpc) is 2.97. The molecule has 0 spiro atoms. The average molecular weight is 243 g/mol. The van der Waals surface area contributed by atoms with Gasteiger partial charge >= 0.3 is 0 Å². The first-order valence-corrected chi connectivity index (χ1v) is 5.78. The van der Waals surface area contributed by atoms with E-state index >= 15 is 0 Å². The van der Waals surface area contributed by atoms with Gasteiger partial charge < -0.3 is 14.3 Å². The normalized spacial score (nSPS) is 11.2. The van der Waals surface area contributed by atoms with Crippen LogP contribution in [0.3, 0.4) is 0 Å². The van der Waals surface area contributed by atoms with Gasteiger partial charge in [0.05, 0.1) is 12.8 Å². The number of fused-ring (bicyclic) bond motifs is 1. The van der Waals surface area contributed by atoms with E-state index in [0.717, 1.165) is 16.5 Å². The van der Waals surface area contributed by atoms with Crippen molar-refractivity contribution < 1.29 is 8.94 Å². The van der Waals surface area contributed by atoms with E-state index in [2.05, 4.69) is 15.5 Å². The van der Waals surface area contributed by atoms with E-state index in [1.54, 1.807) is 13.2 Å². The van der Waals surface area contributed by atoms with Crippen LogP contribution in [0.4, 0.5) is 0 Å². The van der Waals surface area contributed by atoms with Gasteiger partial charge in [0.25, 0.3) is 0 Å². The zero-order valence-electron chi connectivity index (χ0n) is 10.0.